The molecule has 0 saturated carbocycles. The third-order valence-corrected chi connectivity index (χ3v) is 4.64. The molecule has 2 aromatic carbocycles. The SMILES string of the molecule is CC(=O)Nc1ccc(NC(=O)[C@@H]2CC(=O)N(c3ccc(Br)cc3)C2)cc1. The first-order chi connectivity index (χ1) is 12.4. The lowest BCUT2D eigenvalue weighted by atomic mass is 10.1. The summed E-state index contributed by atoms with van der Waals surface area (Å²) in [6.07, 6.45) is 0.186. The molecule has 26 heavy (non-hydrogen) atoms. The van der Waals surface area contributed by atoms with Gasteiger partial charge in [0.25, 0.3) is 0 Å². The van der Waals surface area contributed by atoms with Crippen molar-refractivity contribution in [1.29, 1.82) is 0 Å². The Morgan fingerprint density at radius 2 is 1.58 bits per heavy atom. The van der Waals surface area contributed by atoms with Crippen LogP contribution in [-0.2, 0) is 14.4 Å². The van der Waals surface area contributed by atoms with Crippen molar-refractivity contribution in [2.24, 2.45) is 5.92 Å². The van der Waals surface area contributed by atoms with E-state index in [0.29, 0.717) is 17.9 Å². The lowest BCUT2D eigenvalue weighted by Crippen LogP contribution is -2.28. The molecule has 3 rings (SSSR count). The topological polar surface area (TPSA) is 78.5 Å². The van der Waals surface area contributed by atoms with Gasteiger partial charge in [0.2, 0.25) is 17.7 Å². The zero-order valence-corrected chi connectivity index (χ0v) is 15.7. The predicted octanol–water partition coefficient (Wildman–Crippen LogP) is 3.40. The molecule has 1 fully saturated rings. The maximum absolute atomic E-state index is 12.5. The van der Waals surface area contributed by atoms with Crippen molar-refractivity contribution in [2.45, 2.75) is 13.3 Å². The van der Waals surface area contributed by atoms with Gasteiger partial charge in [0.05, 0.1) is 5.92 Å². The number of hydrogen-bond acceptors (Lipinski definition) is 3. The van der Waals surface area contributed by atoms with Gasteiger partial charge in [-0.2, -0.15) is 0 Å². The monoisotopic (exact) mass is 415 g/mol. The molecular formula is C19H18BrN3O3. The second-order valence-electron chi connectivity index (χ2n) is 6.13. The third kappa shape index (κ3) is 4.29. The molecule has 0 unspecified atom stereocenters. The van der Waals surface area contributed by atoms with Crippen molar-refractivity contribution >= 4 is 50.7 Å². The fourth-order valence-corrected chi connectivity index (χ4v) is 3.10. The van der Waals surface area contributed by atoms with Crippen LogP contribution in [-0.4, -0.2) is 24.3 Å². The number of halogens is 1. The summed E-state index contributed by atoms with van der Waals surface area (Å²) >= 11 is 3.37. The Morgan fingerprint density at radius 3 is 2.15 bits per heavy atom. The summed E-state index contributed by atoms with van der Waals surface area (Å²) < 4.78 is 0.935. The van der Waals surface area contributed by atoms with Gasteiger partial charge in [0, 0.05) is 41.4 Å². The van der Waals surface area contributed by atoms with Gasteiger partial charge in [-0.3, -0.25) is 14.4 Å². The average molecular weight is 416 g/mol. The van der Waals surface area contributed by atoms with E-state index < -0.39 is 5.92 Å². The van der Waals surface area contributed by atoms with E-state index in [0.717, 1.165) is 10.2 Å². The lowest BCUT2D eigenvalue weighted by molar-refractivity contribution is -0.122. The van der Waals surface area contributed by atoms with Crippen LogP contribution in [0.1, 0.15) is 13.3 Å². The smallest absolute Gasteiger partial charge is 0.229 e. The molecule has 0 bridgehead atoms. The maximum Gasteiger partial charge on any atom is 0.229 e. The molecule has 134 valence electrons. The Hall–Kier alpha value is -2.67. The number of amides is 3. The summed E-state index contributed by atoms with van der Waals surface area (Å²) in [7, 11) is 0. The Balaban J connectivity index is 1.62. The van der Waals surface area contributed by atoms with E-state index in [4.69, 9.17) is 0 Å². The van der Waals surface area contributed by atoms with Crippen molar-refractivity contribution < 1.29 is 14.4 Å². The second kappa shape index (κ2) is 7.70. The Kier molecular flexibility index (Phi) is 5.37. The number of anilines is 3. The predicted molar refractivity (Wildman–Crippen MR) is 104 cm³/mol. The quantitative estimate of drug-likeness (QED) is 0.802. The highest BCUT2D eigenvalue weighted by Crippen LogP contribution is 2.27. The highest BCUT2D eigenvalue weighted by Gasteiger charge is 2.35. The van der Waals surface area contributed by atoms with Crippen LogP contribution in [0.25, 0.3) is 0 Å². The molecule has 0 spiro atoms. The number of rotatable bonds is 4. The summed E-state index contributed by atoms with van der Waals surface area (Å²) in [5.41, 5.74) is 2.07. The van der Waals surface area contributed by atoms with Gasteiger partial charge in [-0.1, -0.05) is 15.9 Å². The molecule has 7 heteroatoms. The van der Waals surface area contributed by atoms with Crippen molar-refractivity contribution in [1.82, 2.24) is 0 Å². The summed E-state index contributed by atoms with van der Waals surface area (Å²) in [4.78, 5) is 37.4. The third-order valence-electron chi connectivity index (χ3n) is 4.11. The average Bonchev–Trinajstić information content (AvgIpc) is 2.99. The summed E-state index contributed by atoms with van der Waals surface area (Å²) in [5.74, 6) is -0.806. The van der Waals surface area contributed by atoms with E-state index in [1.807, 2.05) is 24.3 Å². The summed E-state index contributed by atoms with van der Waals surface area (Å²) in [5, 5.41) is 5.50. The fourth-order valence-electron chi connectivity index (χ4n) is 2.84. The number of carbonyl (C=O) groups is 3. The van der Waals surface area contributed by atoms with Crippen LogP contribution in [0.15, 0.2) is 53.0 Å². The molecule has 1 aliphatic rings. The minimum atomic E-state index is -0.402. The van der Waals surface area contributed by atoms with Gasteiger partial charge in [0.1, 0.15) is 0 Å². The lowest BCUT2D eigenvalue weighted by Gasteiger charge is -2.17. The van der Waals surface area contributed by atoms with Gasteiger partial charge < -0.3 is 15.5 Å². The minimum Gasteiger partial charge on any atom is -0.326 e. The minimum absolute atomic E-state index is 0.0616. The molecule has 1 atom stereocenters. The van der Waals surface area contributed by atoms with E-state index in [9.17, 15) is 14.4 Å². The van der Waals surface area contributed by atoms with Gasteiger partial charge >= 0.3 is 0 Å². The number of hydrogen-bond donors (Lipinski definition) is 2. The molecule has 3 amide bonds. The van der Waals surface area contributed by atoms with Gasteiger partial charge in [0.15, 0.2) is 0 Å². The van der Waals surface area contributed by atoms with Crippen molar-refractivity contribution in [3.63, 3.8) is 0 Å². The van der Waals surface area contributed by atoms with Crippen LogP contribution in [0.5, 0.6) is 0 Å². The zero-order chi connectivity index (χ0) is 18.7. The first-order valence-electron chi connectivity index (χ1n) is 8.17. The van der Waals surface area contributed by atoms with Gasteiger partial charge in [-0.25, -0.2) is 0 Å². The molecule has 1 saturated heterocycles. The Labute approximate surface area is 159 Å². The second-order valence-corrected chi connectivity index (χ2v) is 7.05. The van der Waals surface area contributed by atoms with Gasteiger partial charge in [-0.05, 0) is 48.5 Å². The number of nitrogens with zero attached hydrogens (tertiary/aromatic N) is 1. The first-order valence-corrected chi connectivity index (χ1v) is 8.96. The molecule has 1 heterocycles. The zero-order valence-electron chi connectivity index (χ0n) is 14.2. The van der Waals surface area contributed by atoms with Crippen LogP contribution in [0, 0.1) is 5.92 Å². The highest BCUT2D eigenvalue weighted by molar-refractivity contribution is 9.10. The van der Waals surface area contributed by atoms with Crippen molar-refractivity contribution in [3.8, 4) is 0 Å². The van der Waals surface area contributed by atoms with Crippen LogP contribution >= 0.6 is 15.9 Å². The van der Waals surface area contributed by atoms with Crippen LogP contribution < -0.4 is 15.5 Å². The number of benzene rings is 2. The molecule has 0 radical (unpaired) electrons. The molecule has 0 aromatic heterocycles. The van der Waals surface area contributed by atoms with E-state index in [1.54, 1.807) is 29.2 Å². The van der Waals surface area contributed by atoms with E-state index >= 15 is 0 Å². The molecule has 1 aliphatic heterocycles. The van der Waals surface area contributed by atoms with E-state index in [-0.39, 0.29) is 24.1 Å². The summed E-state index contributed by atoms with van der Waals surface area (Å²) in [6, 6.07) is 14.3. The molecular weight excluding hydrogens is 398 g/mol. The van der Waals surface area contributed by atoms with Crippen molar-refractivity contribution in [3.05, 3.63) is 53.0 Å². The Bertz CT molecular complexity index is 834. The normalized spacial score (nSPS) is 16.5. The number of carbonyl (C=O) groups excluding carboxylic acids is 3. The van der Waals surface area contributed by atoms with Crippen LogP contribution in [0.3, 0.4) is 0 Å². The molecule has 2 N–H and O–H groups in total. The van der Waals surface area contributed by atoms with E-state index in [1.165, 1.54) is 6.92 Å². The standard InChI is InChI=1S/C19H18BrN3O3/c1-12(24)21-15-4-6-16(7-5-15)22-19(26)13-10-18(25)23(11-13)17-8-2-14(20)3-9-17/h2-9,13H,10-11H2,1H3,(H,21,24)(H,22,26)/t13-/m1/s1. The van der Waals surface area contributed by atoms with Crippen molar-refractivity contribution in [2.75, 3.05) is 22.1 Å². The highest BCUT2D eigenvalue weighted by atomic mass is 79.9. The fraction of sp³-hybridized carbons (Fsp3) is 0.211. The maximum atomic E-state index is 12.5. The van der Waals surface area contributed by atoms with Gasteiger partial charge in [-0.15, -0.1) is 0 Å². The van der Waals surface area contributed by atoms with Crippen LogP contribution in [0.2, 0.25) is 0 Å². The largest absolute Gasteiger partial charge is 0.326 e. The van der Waals surface area contributed by atoms with Crippen LogP contribution in [0.4, 0.5) is 17.1 Å². The number of nitrogens with one attached hydrogen (secondary N) is 2. The first kappa shape index (κ1) is 18.1. The Morgan fingerprint density at radius 1 is 1.00 bits per heavy atom. The molecule has 6 nitrogen and oxygen atoms in total. The molecule has 2 aromatic rings. The van der Waals surface area contributed by atoms with E-state index in [2.05, 4.69) is 26.6 Å². The molecule has 0 aliphatic carbocycles. The summed E-state index contributed by atoms with van der Waals surface area (Å²) in [6.45, 7) is 1.79.